The van der Waals surface area contributed by atoms with Gasteiger partial charge in [0.05, 0.1) is 18.2 Å². The van der Waals surface area contributed by atoms with Crippen molar-refractivity contribution in [3.8, 4) is 6.07 Å². The number of nitrogens with one attached hydrogen (secondary N) is 3. The third-order valence-electron chi connectivity index (χ3n) is 5.91. The van der Waals surface area contributed by atoms with Crippen molar-refractivity contribution < 1.29 is 0 Å². The van der Waals surface area contributed by atoms with E-state index in [4.69, 9.17) is 5.41 Å². The molecule has 2 unspecified atom stereocenters. The quantitative estimate of drug-likeness (QED) is 0.352. The first kappa shape index (κ1) is 21.8. The molecule has 28 heavy (non-hydrogen) atoms. The molecule has 1 saturated carbocycles. The first-order chi connectivity index (χ1) is 13.6. The van der Waals surface area contributed by atoms with Gasteiger partial charge in [-0.25, -0.2) is 0 Å². The van der Waals surface area contributed by atoms with Crippen LogP contribution in [-0.2, 0) is 0 Å². The predicted molar refractivity (Wildman–Crippen MR) is 118 cm³/mol. The molecule has 152 valence electrons. The van der Waals surface area contributed by atoms with Crippen LogP contribution in [0.15, 0.2) is 36.7 Å². The van der Waals surface area contributed by atoms with Gasteiger partial charge in [-0.3, -0.25) is 5.41 Å². The Morgan fingerprint density at radius 2 is 2.21 bits per heavy atom. The molecular weight excluding hydrogens is 346 g/mol. The molecular formula is C23H35N5. The Morgan fingerprint density at radius 3 is 2.79 bits per heavy atom. The topological polar surface area (TPSA) is 78.7 Å². The summed E-state index contributed by atoms with van der Waals surface area (Å²) in [6.45, 7) is 8.41. The van der Waals surface area contributed by atoms with Crippen molar-refractivity contribution in [1.29, 1.82) is 10.7 Å². The number of hydrogen-bond donors (Lipinski definition) is 3. The fourth-order valence-corrected chi connectivity index (χ4v) is 4.39. The van der Waals surface area contributed by atoms with Crippen molar-refractivity contribution in [3.63, 3.8) is 0 Å². The fourth-order valence-electron chi connectivity index (χ4n) is 4.39. The minimum absolute atomic E-state index is 0.201. The van der Waals surface area contributed by atoms with Crippen LogP contribution < -0.4 is 5.32 Å². The molecule has 1 aliphatic rings. The molecule has 0 radical (unpaired) electrons. The number of hydrogen-bond acceptors (Lipinski definition) is 4. The Hall–Kier alpha value is -2.48. The number of nitriles is 1. The normalized spacial score (nSPS) is 17.0. The van der Waals surface area contributed by atoms with E-state index >= 15 is 0 Å². The van der Waals surface area contributed by atoms with Gasteiger partial charge < -0.3 is 15.2 Å². The number of aromatic amines is 1. The molecule has 0 bridgehead atoms. The van der Waals surface area contributed by atoms with Crippen molar-refractivity contribution in [1.82, 2.24) is 9.88 Å². The van der Waals surface area contributed by atoms with E-state index < -0.39 is 0 Å². The Morgan fingerprint density at radius 1 is 1.50 bits per heavy atom. The number of allylic oxidation sites excluding steroid dienone is 2. The van der Waals surface area contributed by atoms with Gasteiger partial charge in [0.25, 0.3) is 0 Å². The van der Waals surface area contributed by atoms with Crippen LogP contribution in [0.5, 0.6) is 0 Å². The lowest BCUT2D eigenvalue weighted by molar-refractivity contribution is 0.153. The molecule has 1 aromatic rings. The summed E-state index contributed by atoms with van der Waals surface area (Å²) in [6, 6.07) is 4.86. The minimum Gasteiger partial charge on any atom is -0.374 e. The van der Waals surface area contributed by atoms with Crippen LogP contribution in [0.4, 0.5) is 5.82 Å². The molecule has 2 atom stereocenters. The van der Waals surface area contributed by atoms with Gasteiger partial charge in [-0.1, -0.05) is 38.8 Å². The number of H-pyrrole nitrogens is 1. The van der Waals surface area contributed by atoms with Gasteiger partial charge in [-0.05, 0) is 38.2 Å². The third kappa shape index (κ3) is 5.07. The van der Waals surface area contributed by atoms with Gasteiger partial charge in [-0.15, -0.1) is 0 Å². The second kappa shape index (κ2) is 10.8. The van der Waals surface area contributed by atoms with Crippen LogP contribution >= 0.6 is 0 Å². The van der Waals surface area contributed by atoms with Gasteiger partial charge in [0.15, 0.2) is 0 Å². The zero-order valence-corrected chi connectivity index (χ0v) is 17.6. The van der Waals surface area contributed by atoms with E-state index in [9.17, 15) is 5.26 Å². The van der Waals surface area contributed by atoms with Crippen molar-refractivity contribution in [3.05, 3.63) is 42.3 Å². The van der Waals surface area contributed by atoms with Crippen molar-refractivity contribution in [2.45, 2.75) is 70.9 Å². The average Bonchev–Trinajstić information content (AvgIpc) is 3.39. The van der Waals surface area contributed by atoms with Crippen LogP contribution in [0, 0.1) is 22.7 Å². The van der Waals surface area contributed by atoms with E-state index in [1.54, 1.807) is 6.08 Å². The second-order valence-electron chi connectivity index (χ2n) is 7.74. The van der Waals surface area contributed by atoms with Crippen LogP contribution in [-0.4, -0.2) is 34.7 Å². The summed E-state index contributed by atoms with van der Waals surface area (Å²) in [6.07, 6.45) is 13.3. The van der Waals surface area contributed by atoms with E-state index in [2.05, 4.69) is 47.9 Å². The summed E-state index contributed by atoms with van der Waals surface area (Å²) in [5, 5.41) is 21.4. The number of rotatable bonds is 11. The smallest absolute Gasteiger partial charge is 0.112 e. The van der Waals surface area contributed by atoms with E-state index in [0.29, 0.717) is 24.1 Å². The highest BCUT2D eigenvalue weighted by Gasteiger charge is 2.31. The molecule has 0 amide bonds. The van der Waals surface area contributed by atoms with E-state index in [-0.39, 0.29) is 6.04 Å². The van der Waals surface area contributed by atoms with Gasteiger partial charge in [0.2, 0.25) is 0 Å². The number of aromatic nitrogens is 1. The lowest BCUT2D eigenvalue weighted by Crippen LogP contribution is -2.42. The maximum Gasteiger partial charge on any atom is 0.112 e. The minimum atomic E-state index is 0.201. The van der Waals surface area contributed by atoms with Crippen LogP contribution in [0.1, 0.15) is 64.4 Å². The average molecular weight is 382 g/mol. The molecule has 5 heteroatoms. The number of nitrogens with zero attached hydrogens (tertiary/aromatic N) is 2. The van der Waals surface area contributed by atoms with Gasteiger partial charge in [0.1, 0.15) is 5.82 Å². The Labute approximate surface area is 170 Å². The molecule has 1 fully saturated rings. The number of anilines is 1. The molecule has 0 aliphatic heterocycles. The maximum atomic E-state index is 9.50. The third-order valence-corrected chi connectivity index (χ3v) is 5.91. The lowest BCUT2D eigenvalue weighted by Gasteiger charge is -2.39. The Kier molecular flexibility index (Phi) is 8.38. The highest BCUT2D eigenvalue weighted by atomic mass is 15.2. The molecule has 0 aromatic carbocycles. The first-order valence-electron chi connectivity index (χ1n) is 10.5. The molecule has 3 N–H and O–H groups in total. The van der Waals surface area contributed by atoms with Gasteiger partial charge in [0, 0.05) is 42.7 Å². The molecule has 0 spiro atoms. The predicted octanol–water partition coefficient (Wildman–Crippen LogP) is 5.46. The summed E-state index contributed by atoms with van der Waals surface area (Å²) in [5.41, 5.74) is 2.06. The Balaban J connectivity index is 2.40. The summed E-state index contributed by atoms with van der Waals surface area (Å²) >= 11 is 0. The largest absolute Gasteiger partial charge is 0.374 e. The van der Waals surface area contributed by atoms with Crippen LogP contribution in [0.2, 0.25) is 0 Å². The van der Waals surface area contributed by atoms with Crippen molar-refractivity contribution in [2.24, 2.45) is 5.92 Å². The monoisotopic (exact) mass is 381 g/mol. The summed E-state index contributed by atoms with van der Waals surface area (Å²) in [7, 11) is 1.85. The summed E-state index contributed by atoms with van der Waals surface area (Å²) in [5.74, 6) is 1.38. The van der Waals surface area contributed by atoms with Crippen molar-refractivity contribution in [2.75, 3.05) is 12.4 Å². The van der Waals surface area contributed by atoms with Crippen molar-refractivity contribution >= 4 is 11.5 Å². The zero-order valence-electron chi connectivity index (χ0n) is 17.6. The van der Waals surface area contributed by atoms with Gasteiger partial charge in [-0.2, -0.15) is 5.26 Å². The summed E-state index contributed by atoms with van der Waals surface area (Å²) in [4.78, 5) is 5.49. The molecule has 5 nitrogen and oxygen atoms in total. The molecule has 1 heterocycles. The molecule has 1 aliphatic carbocycles. The first-order valence-corrected chi connectivity index (χ1v) is 10.5. The molecule has 0 saturated heterocycles. The van der Waals surface area contributed by atoms with E-state index in [1.807, 2.05) is 19.3 Å². The lowest BCUT2D eigenvalue weighted by atomic mass is 9.92. The summed E-state index contributed by atoms with van der Waals surface area (Å²) < 4.78 is 0. The SMILES string of the molecule is C=C/C(=C\N(C(C)CCC)C(CC#N)C1CCCC1)C(=N)c1cc[nH]c1NC. The van der Waals surface area contributed by atoms with E-state index in [1.165, 1.54) is 25.7 Å². The van der Waals surface area contributed by atoms with E-state index in [0.717, 1.165) is 29.8 Å². The Bertz CT molecular complexity index is 718. The maximum absolute atomic E-state index is 9.50. The standard InChI is InChI=1S/C23H35N5/c1-5-9-17(3)28(21(12-14-24)19-10-7-8-11-19)16-18(6-2)22(25)20-13-15-27-23(20)26-4/h6,13,15-17,19,21,25-27H,2,5,7-12H2,1,3-4H3/b18-16+,25-22?. The fraction of sp³-hybridized carbons (Fsp3) is 0.565. The second-order valence-corrected chi connectivity index (χ2v) is 7.74. The zero-order chi connectivity index (χ0) is 20.5. The van der Waals surface area contributed by atoms with Gasteiger partial charge >= 0.3 is 0 Å². The highest BCUT2D eigenvalue weighted by Crippen LogP contribution is 2.34. The molecule has 1 aromatic heterocycles. The van der Waals surface area contributed by atoms with Crippen LogP contribution in [0.3, 0.4) is 0 Å². The highest BCUT2D eigenvalue weighted by molar-refractivity contribution is 6.14. The molecule has 2 rings (SSSR count). The van der Waals surface area contributed by atoms with Crippen LogP contribution in [0.25, 0.3) is 0 Å².